The van der Waals surface area contributed by atoms with Gasteiger partial charge in [-0.25, -0.2) is 4.98 Å². The van der Waals surface area contributed by atoms with Crippen LogP contribution in [0.15, 0.2) is 42.5 Å². The summed E-state index contributed by atoms with van der Waals surface area (Å²) in [4.78, 5) is 27.6. The third-order valence-corrected chi connectivity index (χ3v) is 4.33. The van der Waals surface area contributed by atoms with Gasteiger partial charge in [-0.1, -0.05) is 35.1 Å². The molecule has 0 unspecified atom stereocenters. The second-order valence-corrected chi connectivity index (χ2v) is 6.25. The number of rotatable bonds is 3. The van der Waals surface area contributed by atoms with Crippen molar-refractivity contribution < 1.29 is 9.59 Å². The highest BCUT2D eigenvalue weighted by Crippen LogP contribution is 2.28. The highest BCUT2D eigenvalue weighted by Gasteiger charge is 2.11. The fourth-order valence-corrected chi connectivity index (χ4v) is 3.17. The second-order valence-electron chi connectivity index (χ2n) is 4.82. The molecule has 0 atom stereocenters. The van der Waals surface area contributed by atoms with Crippen molar-refractivity contribution in [3.63, 3.8) is 0 Å². The molecule has 2 amide bonds. The van der Waals surface area contributed by atoms with E-state index in [1.165, 1.54) is 18.3 Å². The Hall–Kier alpha value is -2.44. The summed E-state index contributed by atoms with van der Waals surface area (Å²) >= 11 is 7.40. The van der Waals surface area contributed by atoms with Gasteiger partial charge in [0.15, 0.2) is 5.13 Å². The largest absolute Gasteiger partial charge is 0.322 e. The smallest absolute Gasteiger partial charge is 0.257 e. The molecular weight excluding hydrogens is 334 g/mol. The minimum absolute atomic E-state index is 0.170. The van der Waals surface area contributed by atoms with E-state index in [0.717, 1.165) is 4.70 Å². The van der Waals surface area contributed by atoms with Gasteiger partial charge in [0.25, 0.3) is 5.91 Å². The van der Waals surface area contributed by atoms with Gasteiger partial charge in [0.05, 0.1) is 20.8 Å². The normalized spacial score (nSPS) is 10.5. The summed E-state index contributed by atoms with van der Waals surface area (Å²) in [5, 5.41) is 6.37. The summed E-state index contributed by atoms with van der Waals surface area (Å²) in [5.41, 5.74) is 1.73. The summed E-state index contributed by atoms with van der Waals surface area (Å²) in [6, 6.07) is 12.2. The lowest BCUT2D eigenvalue weighted by Gasteiger charge is -2.06. The maximum Gasteiger partial charge on any atom is 0.257 e. The summed E-state index contributed by atoms with van der Waals surface area (Å²) < 4.78 is 0.921. The van der Waals surface area contributed by atoms with Gasteiger partial charge >= 0.3 is 0 Å². The molecule has 0 aliphatic heterocycles. The Morgan fingerprint density at radius 1 is 1.13 bits per heavy atom. The summed E-state index contributed by atoms with van der Waals surface area (Å²) in [7, 11) is 0. The Morgan fingerprint density at radius 3 is 2.65 bits per heavy atom. The van der Waals surface area contributed by atoms with Crippen LogP contribution in [0.1, 0.15) is 17.3 Å². The maximum atomic E-state index is 12.3. The van der Waals surface area contributed by atoms with Crippen molar-refractivity contribution in [2.45, 2.75) is 6.92 Å². The maximum absolute atomic E-state index is 12.3. The Balaban J connectivity index is 1.84. The molecule has 0 saturated carbocycles. The number of nitrogens with zero attached hydrogens (tertiary/aromatic N) is 1. The van der Waals surface area contributed by atoms with E-state index in [-0.39, 0.29) is 11.8 Å². The molecule has 5 nitrogen and oxygen atoms in total. The van der Waals surface area contributed by atoms with Gasteiger partial charge in [-0.05, 0) is 30.3 Å². The standard InChI is InChI=1S/C16H12ClN3O2S/c1-9(21)18-16-20-13-8-10(6-7-14(13)23-16)19-15(22)11-4-2-3-5-12(11)17/h2-8H,1H3,(H,19,22)(H,18,20,21). The number of fused-ring (bicyclic) bond motifs is 1. The third-order valence-electron chi connectivity index (χ3n) is 3.05. The Morgan fingerprint density at radius 2 is 1.91 bits per heavy atom. The molecule has 0 aliphatic carbocycles. The lowest BCUT2D eigenvalue weighted by molar-refractivity contribution is -0.114. The van der Waals surface area contributed by atoms with Crippen molar-refractivity contribution in [1.82, 2.24) is 4.98 Å². The number of nitrogens with one attached hydrogen (secondary N) is 2. The Bertz CT molecular complexity index is 907. The SMILES string of the molecule is CC(=O)Nc1nc2cc(NC(=O)c3ccccc3Cl)ccc2s1. The number of hydrogen-bond acceptors (Lipinski definition) is 4. The van der Waals surface area contributed by atoms with Crippen LogP contribution < -0.4 is 10.6 Å². The first kappa shape index (κ1) is 15.5. The average molecular weight is 346 g/mol. The topological polar surface area (TPSA) is 71.1 Å². The minimum Gasteiger partial charge on any atom is -0.322 e. The van der Waals surface area contributed by atoms with Crippen molar-refractivity contribution in [2.75, 3.05) is 10.6 Å². The average Bonchev–Trinajstić information content (AvgIpc) is 2.88. The molecule has 0 spiro atoms. The number of aromatic nitrogens is 1. The predicted molar refractivity (Wildman–Crippen MR) is 93.3 cm³/mol. The van der Waals surface area contributed by atoms with Crippen LogP contribution in [0.5, 0.6) is 0 Å². The zero-order valence-corrected chi connectivity index (χ0v) is 13.7. The number of benzene rings is 2. The van der Waals surface area contributed by atoms with E-state index in [4.69, 9.17) is 11.6 Å². The summed E-state index contributed by atoms with van der Waals surface area (Å²) in [6.07, 6.45) is 0. The molecule has 0 saturated heterocycles. The fourth-order valence-electron chi connectivity index (χ4n) is 2.05. The van der Waals surface area contributed by atoms with Crippen LogP contribution in [-0.2, 0) is 4.79 Å². The first-order valence-corrected chi connectivity index (χ1v) is 7.96. The molecule has 3 rings (SSSR count). The fraction of sp³-hybridized carbons (Fsp3) is 0.0625. The summed E-state index contributed by atoms with van der Waals surface area (Å²) in [5.74, 6) is -0.455. The quantitative estimate of drug-likeness (QED) is 0.748. The number of hydrogen-bond donors (Lipinski definition) is 2. The van der Waals surface area contributed by atoms with Crippen LogP contribution in [0, 0.1) is 0 Å². The molecule has 7 heteroatoms. The number of amides is 2. The van der Waals surface area contributed by atoms with Crippen LogP contribution in [-0.4, -0.2) is 16.8 Å². The second kappa shape index (κ2) is 6.36. The van der Waals surface area contributed by atoms with Crippen molar-refractivity contribution in [1.29, 1.82) is 0 Å². The molecule has 116 valence electrons. The lowest BCUT2D eigenvalue weighted by Crippen LogP contribution is -2.12. The number of thiazole rings is 1. The van der Waals surface area contributed by atoms with Crippen molar-refractivity contribution in [2.24, 2.45) is 0 Å². The van der Waals surface area contributed by atoms with E-state index in [1.807, 2.05) is 6.07 Å². The van der Waals surface area contributed by atoms with E-state index in [0.29, 0.717) is 26.9 Å². The van der Waals surface area contributed by atoms with Gasteiger partial charge in [0, 0.05) is 12.6 Å². The van der Waals surface area contributed by atoms with Crippen LogP contribution in [0.3, 0.4) is 0 Å². The predicted octanol–water partition coefficient (Wildman–Crippen LogP) is 4.16. The Labute approximate surface area is 141 Å². The molecule has 0 aliphatic rings. The molecular formula is C16H12ClN3O2S. The van der Waals surface area contributed by atoms with Gasteiger partial charge < -0.3 is 10.6 Å². The molecule has 1 aromatic heterocycles. The van der Waals surface area contributed by atoms with Crippen molar-refractivity contribution >= 4 is 55.8 Å². The molecule has 0 bridgehead atoms. The van der Waals surface area contributed by atoms with E-state index in [1.54, 1.807) is 36.4 Å². The van der Waals surface area contributed by atoms with Gasteiger partial charge in [0.1, 0.15) is 0 Å². The van der Waals surface area contributed by atoms with Gasteiger partial charge in [0.2, 0.25) is 5.91 Å². The number of carbonyl (C=O) groups excluding carboxylic acids is 2. The van der Waals surface area contributed by atoms with E-state index < -0.39 is 0 Å². The molecule has 0 radical (unpaired) electrons. The van der Waals surface area contributed by atoms with E-state index in [2.05, 4.69) is 15.6 Å². The Kier molecular flexibility index (Phi) is 4.27. The van der Waals surface area contributed by atoms with Gasteiger partial charge in [-0.2, -0.15) is 0 Å². The van der Waals surface area contributed by atoms with Crippen LogP contribution >= 0.6 is 22.9 Å². The zero-order chi connectivity index (χ0) is 16.4. The number of halogens is 1. The monoisotopic (exact) mass is 345 g/mol. The van der Waals surface area contributed by atoms with E-state index >= 15 is 0 Å². The highest BCUT2D eigenvalue weighted by molar-refractivity contribution is 7.22. The lowest BCUT2D eigenvalue weighted by atomic mass is 10.2. The number of carbonyl (C=O) groups is 2. The first-order chi connectivity index (χ1) is 11.0. The zero-order valence-electron chi connectivity index (χ0n) is 12.1. The molecule has 1 heterocycles. The molecule has 3 aromatic rings. The van der Waals surface area contributed by atoms with Crippen molar-refractivity contribution in [3.8, 4) is 0 Å². The third kappa shape index (κ3) is 3.49. The van der Waals surface area contributed by atoms with E-state index in [9.17, 15) is 9.59 Å². The molecule has 0 fully saturated rings. The van der Waals surface area contributed by atoms with Crippen LogP contribution in [0.25, 0.3) is 10.2 Å². The molecule has 23 heavy (non-hydrogen) atoms. The van der Waals surface area contributed by atoms with Crippen LogP contribution in [0.4, 0.5) is 10.8 Å². The number of anilines is 2. The van der Waals surface area contributed by atoms with Crippen LogP contribution in [0.2, 0.25) is 5.02 Å². The van der Waals surface area contributed by atoms with Crippen molar-refractivity contribution in [3.05, 3.63) is 53.1 Å². The molecule has 2 N–H and O–H groups in total. The van der Waals surface area contributed by atoms with Gasteiger partial charge in [-0.3, -0.25) is 9.59 Å². The first-order valence-electron chi connectivity index (χ1n) is 6.77. The van der Waals surface area contributed by atoms with Gasteiger partial charge in [-0.15, -0.1) is 0 Å². The highest BCUT2D eigenvalue weighted by atomic mass is 35.5. The molecule has 2 aromatic carbocycles. The minimum atomic E-state index is -0.285. The summed E-state index contributed by atoms with van der Waals surface area (Å²) in [6.45, 7) is 1.43.